The lowest BCUT2D eigenvalue weighted by atomic mass is 9.49. The van der Waals surface area contributed by atoms with Crippen LogP contribution in [0.5, 0.6) is 0 Å². The number of anilines is 2. The van der Waals surface area contributed by atoms with E-state index in [4.69, 9.17) is 22.9 Å². The van der Waals surface area contributed by atoms with Crippen molar-refractivity contribution in [1.29, 1.82) is 0 Å². The van der Waals surface area contributed by atoms with Crippen molar-refractivity contribution in [3.63, 3.8) is 0 Å². The lowest BCUT2D eigenvalue weighted by Crippen LogP contribution is -2.50. The van der Waals surface area contributed by atoms with Crippen molar-refractivity contribution in [2.24, 2.45) is 92.4 Å². The summed E-state index contributed by atoms with van der Waals surface area (Å²) in [7, 11) is 0. The molecule has 12 aliphatic rings. The molecule has 12 aliphatic carbocycles. The fourth-order valence-electron chi connectivity index (χ4n) is 19.3. The van der Waals surface area contributed by atoms with E-state index in [1.54, 1.807) is 28.0 Å². The molecule has 0 heterocycles. The average molecular weight is 1070 g/mol. The highest BCUT2D eigenvalue weighted by Crippen LogP contribution is 2.63. The van der Waals surface area contributed by atoms with Gasteiger partial charge in [-0.15, -0.1) is 0 Å². The van der Waals surface area contributed by atoms with E-state index in [1.165, 1.54) is 57.8 Å². The molecule has 0 aromatic heterocycles. The number of carbonyl (C=O) groups is 6. The fraction of sp³-hybridized carbons (Fsp3) is 0.803. The molecule has 0 saturated heterocycles. The maximum atomic E-state index is 14.5. The van der Waals surface area contributed by atoms with Gasteiger partial charge in [-0.25, -0.2) is 0 Å². The summed E-state index contributed by atoms with van der Waals surface area (Å²) in [5, 5.41) is 12.0. The number of nitrogens with zero attached hydrogens (tertiary/aromatic N) is 2. The van der Waals surface area contributed by atoms with Crippen LogP contribution in [0, 0.1) is 69.5 Å². The van der Waals surface area contributed by atoms with E-state index in [9.17, 15) is 28.8 Å². The van der Waals surface area contributed by atoms with Gasteiger partial charge in [0.1, 0.15) is 0 Å². The zero-order valence-corrected chi connectivity index (χ0v) is 46.5. The second-order valence-electron chi connectivity index (χ2n) is 27.9. The summed E-state index contributed by atoms with van der Waals surface area (Å²) in [5.41, 5.74) is 25.7. The third-order valence-electron chi connectivity index (χ3n) is 20.9. The van der Waals surface area contributed by atoms with Crippen molar-refractivity contribution < 1.29 is 28.8 Å². The highest BCUT2D eigenvalue weighted by molar-refractivity contribution is 6.02. The topological polar surface area (TPSA) is 261 Å². The highest BCUT2D eigenvalue weighted by atomic mass is 16.2. The molecule has 77 heavy (non-hydrogen) atoms. The highest BCUT2D eigenvalue weighted by Gasteiger charge is 2.54. The average Bonchev–Trinajstić information content (AvgIpc) is 3.41. The van der Waals surface area contributed by atoms with Gasteiger partial charge in [-0.05, 0) is 242 Å². The second kappa shape index (κ2) is 24.3. The lowest BCUT2D eigenvalue weighted by Gasteiger charge is -2.57. The van der Waals surface area contributed by atoms with Crippen molar-refractivity contribution in [3.05, 3.63) is 23.8 Å². The molecule has 12 bridgehead atoms. The smallest absolute Gasteiger partial charge is 0.251 e. The van der Waals surface area contributed by atoms with E-state index in [2.05, 4.69) is 21.3 Å². The Hall–Kier alpha value is -4.12. The molecule has 6 amide bonds. The van der Waals surface area contributed by atoms with Crippen LogP contribution in [0.25, 0.3) is 0 Å². The summed E-state index contributed by atoms with van der Waals surface area (Å²) in [5.74, 6) is 4.92. The number of benzene rings is 1. The summed E-state index contributed by atoms with van der Waals surface area (Å²) in [6.07, 6.45) is 27.4. The Balaban J connectivity index is 0.826. The minimum atomic E-state index is -0.446. The Labute approximate surface area is 458 Å². The molecule has 13 rings (SSSR count). The van der Waals surface area contributed by atoms with Gasteiger partial charge < -0.3 is 54.0 Å². The molecule has 1 aromatic rings. The summed E-state index contributed by atoms with van der Waals surface area (Å²) in [4.78, 5) is 88.2. The molecule has 2 atom stereocenters. The monoisotopic (exact) mass is 1060 g/mol. The van der Waals surface area contributed by atoms with Gasteiger partial charge >= 0.3 is 0 Å². The van der Waals surface area contributed by atoms with E-state index >= 15 is 0 Å². The molecular weight excluding hydrogens is 969 g/mol. The van der Waals surface area contributed by atoms with Gasteiger partial charge in [0.2, 0.25) is 29.5 Å². The van der Waals surface area contributed by atoms with Gasteiger partial charge in [-0.2, -0.15) is 0 Å². The first-order chi connectivity index (χ1) is 37.0. The molecule has 1 aromatic carbocycles. The molecule has 0 aliphatic heterocycles. The Morgan fingerprint density at radius 3 is 1.16 bits per heavy atom. The number of nitrogens with two attached hydrogens (primary N) is 4. The van der Waals surface area contributed by atoms with Crippen LogP contribution in [0.3, 0.4) is 0 Å². The predicted octanol–water partition coefficient (Wildman–Crippen LogP) is 6.80. The van der Waals surface area contributed by atoms with Crippen molar-refractivity contribution >= 4 is 46.8 Å². The fourth-order valence-corrected chi connectivity index (χ4v) is 19.3. The molecule has 16 nitrogen and oxygen atoms in total. The second-order valence-corrected chi connectivity index (χ2v) is 27.9. The summed E-state index contributed by atoms with van der Waals surface area (Å²) in [6.45, 7) is 1.60. The number of carbonyl (C=O) groups excluding carboxylic acids is 6. The standard InChI is InChI=1S/C61H96N10O6/c62-7-3-1-5-49(64)35-70(56(75)33-60-26-42-14-43(27-60)16-44(15-42)28-60)37-54(73)68-51-20-48(58(77)67-10-9-66-53(72)32-59-23-39-11-40(24-59)13-41(12-39)25-59)21-52(22-51)69-55(74)38-71(36-50(65)6-2-4-8-63)57(76)34-61-29-45-17-46(30-61)19-47(18-45)31-61/h20-22,39-47,49-50H,1-19,23-38,62-65H2,(H,66,72)(H,67,77)(H,68,73)(H,69,74)/t39?,40?,41?,42?,43?,44?,45?,46?,47?,49-,50-,59?,60?,61?/m0/s1. The van der Waals surface area contributed by atoms with E-state index < -0.39 is 17.7 Å². The number of hydrogen-bond donors (Lipinski definition) is 8. The molecular formula is C61H96N10O6. The van der Waals surface area contributed by atoms with Crippen molar-refractivity contribution in [1.82, 2.24) is 20.4 Å². The van der Waals surface area contributed by atoms with Gasteiger partial charge in [-0.1, -0.05) is 12.8 Å². The largest absolute Gasteiger partial charge is 0.354 e. The molecule has 0 unspecified atom stereocenters. The quantitative estimate of drug-likeness (QED) is 0.0407. The van der Waals surface area contributed by atoms with Crippen LogP contribution in [-0.4, -0.2) is 110 Å². The van der Waals surface area contributed by atoms with Crippen LogP contribution >= 0.6 is 0 Å². The Morgan fingerprint density at radius 1 is 0.468 bits per heavy atom. The van der Waals surface area contributed by atoms with Crippen LogP contribution in [0.2, 0.25) is 0 Å². The van der Waals surface area contributed by atoms with Gasteiger partial charge in [-0.3, -0.25) is 28.8 Å². The molecule has 426 valence electrons. The van der Waals surface area contributed by atoms with Crippen molar-refractivity contribution in [3.8, 4) is 0 Å². The number of hydrogen-bond acceptors (Lipinski definition) is 10. The Kier molecular flexibility index (Phi) is 17.7. The normalized spacial score (nSPS) is 33.4. The van der Waals surface area contributed by atoms with E-state index in [-0.39, 0.29) is 102 Å². The number of rotatable bonds is 28. The minimum Gasteiger partial charge on any atom is -0.354 e. The van der Waals surface area contributed by atoms with Crippen molar-refractivity contribution in [2.45, 2.75) is 185 Å². The Bertz CT molecular complexity index is 2080. The summed E-state index contributed by atoms with van der Waals surface area (Å²) < 4.78 is 0. The van der Waals surface area contributed by atoms with Crippen LogP contribution < -0.4 is 44.2 Å². The number of amides is 6. The first-order valence-corrected chi connectivity index (χ1v) is 30.8. The molecule has 12 N–H and O–H groups in total. The zero-order valence-electron chi connectivity index (χ0n) is 46.5. The maximum absolute atomic E-state index is 14.5. The van der Waals surface area contributed by atoms with Crippen LogP contribution in [0.4, 0.5) is 11.4 Å². The van der Waals surface area contributed by atoms with Crippen molar-refractivity contribution in [2.75, 3.05) is 63.0 Å². The first kappa shape index (κ1) is 56.2. The van der Waals surface area contributed by atoms with E-state index in [0.29, 0.717) is 80.7 Å². The lowest BCUT2D eigenvalue weighted by molar-refractivity contribution is -0.142. The van der Waals surface area contributed by atoms with Gasteiger partial charge in [0.25, 0.3) is 5.91 Å². The summed E-state index contributed by atoms with van der Waals surface area (Å²) in [6, 6.07) is 4.08. The third kappa shape index (κ3) is 14.3. The first-order valence-electron chi connectivity index (χ1n) is 30.8. The van der Waals surface area contributed by atoms with E-state index in [1.807, 2.05) is 0 Å². The Morgan fingerprint density at radius 2 is 0.805 bits per heavy atom. The van der Waals surface area contributed by atoms with Crippen LogP contribution in [0.1, 0.15) is 184 Å². The molecule has 0 radical (unpaired) electrons. The number of nitrogens with one attached hydrogen (secondary N) is 4. The van der Waals surface area contributed by atoms with Crippen LogP contribution in [-0.2, 0) is 24.0 Å². The molecule has 16 heteroatoms. The maximum Gasteiger partial charge on any atom is 0.251 e. The SMILES string of the molecule is NCCCC[C@H](N)CN(CC(=O)Nc1cc(NC(=O)CN(C[C@@H](N)CCCCN)C(=O)CC23CC4CC(CC(C4)C2)C3)cc(C(=O)NCCNC(=O)CC23CC4CC(CC(C4)C2)C3)c1)C(=O)CC12CC3CC(CC(C3)C1)C2. The van der Waals surface area contributed by atoms with Gasteiger partial charge in [0.15, 0.2) is 0 Å². The summed E-state index contributed by atoms with van der Waals surface area (Å²) >= 11 is 0. The molecule has 12 saturated carbocycles. The van der Waals surface area contributed by atoms with E-state index in [0.717, 1.165) is 101 Å². The van der Waals surface area contributed by atoms with Gasteiger partial charge in [0, 0.05) is 74.5 Å². The third-order valence-corrected chi connectivity index (χ3v) is 20.9. The molecule has 0 spiro atoms. The van der Waals surface area contributed by atoms with Crippen LogP contribution in [0.15, 0.2) is 18.2 Å². The van der Waals surface area contributed by atoms with Gasteiger partial charge in [0.05, 0.1) is 13.1 Å². The minimum absolute atomic E-state index is 0.0270. The predicted molar refractivity (Wildman–Crippen MR) is 300 cm³/mol. The number of unbranched alkanes of at least 4 members (excludes halogenated alkanes) is 2. The zero-order chi connectivity index (χ0) is 53.9. The molecule has 12 fully saturated rings.